The van der Waals surface area contributed by atoms with Crippen molar-refractivity contribution in [2.75, 3.05) is 59.9 Å². The predicted octanol–water partition coefficient (Wildman–Crippen LogP) is 4.13. The number of nitrogens with one attached hydrogen (secondary N) is 1. The molecule has 8 heteroatoms. The fourth-order valence-electron chi connectivity index (χ4n) is 3.31. The van der Waals surface area contributed by atoms with Gasteiger partial charge in [0.2, 0.25) is 0 Å². The first-order chi connectivity index (χ1) is 14.2. The van der Waals surface area contributed by atoms with Crippen molar-refractivity contribution in [3.8, 4) is 5.75 Å². The molecule has 6 nitrogen and oxygen atoms in total. The standard InChI is InChI=1S/C22H37N3O3S.HI/c1-18(17-29-21-9-6-5-8-20(21)27-4)16-24-22(23-2)25-12-10-19(11-13-25)28-15-7-14-26-3;/h5-6,8-9,18-19H,7,10-17H2,1-4H3,(H,23,24);1H. The third-order valence-electron chi connectivity index (χ3n) is 5.00. The molecule has 1 heterocycles. The van der Waals surface area contributed by atoms with Crippen molar-refractivity contribution in [2.24, 2.45) is 10.9 Å². The van der Waals surface area contributed by atoms with Gasteiger partial charge in [-0.3, -0.25) is 4.99 Å². The van der Waals surface area contributed by atoms with E-state index in [-0.39, 0.29) is 24.0 Å². The summed E-state index contributed by atoms with van der Waals surface area (Å²) in [4.78, 5) is 8.02. The quantitative estimate of drug-likeness (QED) is 0.147. The highest BCUT2D eigenvalue weighted by Crippen LogP contribution is 2.29. The predicted molar refractivity (Wildman–Crippen MR) is 137 cm³/mol. The Morgan fingerprint density at radius 3 is 2.63 bits per heavy atom. The highest BCUT2D eigenvalue weighted by atomic mass is 127. The number of likely N-dealkylation sites (tertiary alicyclic amines) is 1. The van der Waals surface area contributed by atoms with Crippen molar-refractivity contribution in [1.29, 1.82) is 0 Å². The third kappa shape index (κ3) is 9.62. The van der Waals surface area contributed by atoms with Gasteiger partial charge in [-0.05, 0) is 37.3 Å². The molecule has 2 rings (SSSR count). The van der Waals surface area contributed by atoms with Crippen LogP contribution in [-0.2, 0) is 9.47 Å². The molecule has 1 saturated heterocycles. The average Bonchev–Trinajstić information content (AvgIpc) is 2.76. The minimum atomic E-state index is 0. The fraction of sp³-hybridized carbons (Fsp3) is 0.682. The Kier molecular flexibility index (Phi) is 14.6. The van der Waals surface area contributed by atoms with Crippen molar-refractivity contribution in [2.45, 2.75) is 37.2 Å². The molecule has 30 heavy (non-hydrogen) atoms. The average molecular weight is 552 g/mol. The van der Waals surface area contributed by atoms with Crippen LogP contribution in [0.5, 0.6) is 5.75 Å². The van der Waals surface area contributed by atoms with Gasteiger partial charge < -0.3 is 24.4 Å². The summed E-state index contributed by atoms with van der Waals surface area (Å²) in [7, 11) is 5.32. The van der Waals surface area contributed by atoms with Gasteiger partial charge in [0.05, 0.1) is 13.2 Å². The molecule has 172 valence electrons. The van der Waals surface area contributed by atoms with E-state index in [0.717, 1.165) is 69.6 Å². The van der Waals surface area contributed by atoms with E-state index in [2.05, 4.69) is 34.3 Å². The number of guanidine groups is 1. The van der Waals surface area contributed by atoms with Gasteiger partial charge in [0.15, 0.2) is 5.96 Å². The number of benzene rings is 1. The minimum absolute atomic E-state index is 0. The van der Waals surface area contributed by atoms with Crippen LogP contribution in [0.15, 0.2) is 34.2 Å². The van der Waals surface area contributed by atoms with Crippen LogP contribution in [0.2, 0.25) is 0 Å². The van der Waals surface area contributed by atoms with E-state index in [1.54, 1.807) is 14.2 Å². The molecule has 1 aliphatic rings. The largest absolute Gasteiger partial charge is 0.496 e. The van der Waals surface area contributed by atoms with Gasteiger partial charge in [0.25, 0.3) is 0 Å². The second kappa shape index (κ2) is 16.0. The van der Waals surface area contributed by atoms with E-state index >= 15 is 0 Å². The van der Waals surface area contributed by atoms with Gasteiger partial charge >= 0.3 is 0 Å². The molecule has 0 radical (unpaired) electrons. The van der Waals surface area contributed by atoms with Crippen LogP contribution in [-0.4, -0.2) is 76.8 Å². The summed E-state index contributed by atoms with van der Waals surface area (Å²) in [6.45, 7) is 6.69. The first kappa shape index (κ1) is 27.3. The summed E-state index contributed by atoms with van der Waals surface area (Å²) in [6, 6.07) is 8.19. The smallest absolute Gasteiger partial charge is 0.193 e. The maximum atomic E-state index is 5.96. The van der Waals surface area contributed by atoms with E-state index in [1.807, 2.05) is 30.9 Å². The van der Waals surface area contributed by atoms with Crippen LogP contribution in [0, 0.1) is 5.92 Å². The summed E-state index contributed by atoms with van der Waals surface area (Å²) in [5.74, 6) is 3.49. The number of ether oxygens (including phenoxy) is 3. The summed E-state index contributed by atoms with van der Waals surface area (Å²) < 4.78 is 16.5. The van der Waals surface area contributed by atoms with Crippen LogP contribution in [0.4, 0.5) is 0 Å². The number of methoxy groups -OCH3 is 2. The van der Waals surface area contributed by atoms with Gasteiger partial charge in [0, 0.05) is 57.7 Å². The summed E-state index contributed by atoms with van der Waals surface area (Å²) in [6.07, 6.45) is 3.42. The number of thioether (sulfide) groups is 1. The molecule has 1 N–H and O–H groups in total. The lowest BCUT2D eigenvalue weighted by Crippen LogP contribution is -2.48. The monoisotopic (exact) mass is 551 g/mol. The number of nitrogens with zero attached hydrogens (tertiary/aromatic N) is 2. The van der Waals surface area contributed by atoms with Gasteiger partial charge in [-0.15, -0.1) is 35.7 Å². The van der Waals surface area contributed by atoms with Crippen LogP contribution in [0.3, 0.4) is 0 Å². The number of aliphatic imine (C=N–C) groups is 1. The molecule has 1 fully saturated rings. The third-order valence-corrected chi connectivity index (χ3v) is 6.38. The summed E-state index contributed by atoms with van der Waals surface area (Å²) in [5, 5.41) is 3.55. The van der Waals surface area contributed by atoms with Gasteiger partial charge in [-0.1, -0.05) is 19.1 Å². The Morgan fingerprint density at radius 2 is 1.97 bits per heavy atom. The second-order valence-electron chi connectivity index (χ2n) is 7.40. The maximum absolute atomic E-state index is 5.96. The van der Waals surface area contributed by atoms with Crippen molar-refractivity contribution < 1.29 is 14.2 Å². The number of hydrogen-bond donors (Lipinski definition) is 1. The molecule has 0 amide bonds. The fourth-order valence-corrected chi connectivity index (χ4v) is 4.36. The van der Waals surface area contributed by atoms with Crippen molar-refractivity contribution >= 4 is 41.7 Å². The molecule has 0 aromatic heterocycles. The SMILES string of the molecule is CN=C(NCC(C)CSc1ccccc1OC)N1CCC(OCCCOC)CC1.I. The highest BCUT2D eigenvalue weighted by Gasteiger charge is 2.22. The Hall–Kier alpha value is -0.710. The Labute approximate surface area is 203 Å². The van der Waals surface area contributed by atoms with E-state index in [0.29, 0.717) is 12.0 Å². The Bertz CT molecular complexity index is 613. The molecule has 0 bridgehead atoms. The number of para-hydroxylation sites is 1. The zero-order valence-corrected chi connectivity index (χ0v) is 21.9. The topological polar surface area (TPSA) is 55.3 Å². The van der Waals surface area contributed by atoms with Crippen molar-refractivity contribution in [1.82, 2.24) is 10.2 Å². The van der Waals surface area contributed by atoms with Crippen LogP contribution < -0.4 is 10.1 Å². The molecule has 0 spiro atoms. The molecular formula is C22H38IN3O3S. The molecule has 0 aliphatic carbocycles. The second-order valence-corrected chi connectivity index (χ2v) is 8.46. The number of rotatable bonds is 11. The van der Waals surface area contributed by atoms with E-state index in [4.69, 9.17) is 14.2 Å². The first-order valence-corrected chi connectivity index (χ1v) is 11.5. The lowest BCUT2D eigenvalue weighted by molar-refractivity contribution is 0.00989. The maximum Gasteiger partial charge on any atom is 0.193 e. The zero-order chi connectivity index (χ0) is 20.9. The molecule has 1 atom stereocenters. The number of halogens is 1. The minimum Gasteiger partial charge on any atom is -0.496 e. The number of hydrogen-bond acceptors (Lipinski definition) is 5. The molecule has 1 aromatic rings. The normalized spacial score (nSPS) is 16.1. The van der Waals surface area contributed by atoms with Crippen LogP contribution >= 0.6 is 35.7 Å². The lowest BCUT2D eigenvalue weighted by Gasteiger charge is -2.34. The van der Waals surface area contributed by atoms with Gasteiger partial charge in [0.1, 0.15) is 5.75 Å². The molecule has 1 aromatic carbocycles. The highest BCUT2D eigenvalue weighted by molar-refractivity contribution is 14.0. The first-order valence-electron chi connectivity index (χ1n) is 10.5. The van der Waals surface area contributed by atoms with E-state index in [9.17, 15) is 0 Å². The molecular weight excluding hydrogens is 513 g/mol. The Balaban J connectivity index is 0.00000450. The molecule has 1 aliphatic heterocycles. The zero-order valence-electron chi connectivity index (χ0n) is 18.8. The Morgan fingerprint density at radius 1 is 1.23 bits per heavy atom. The van der Waals surface area contributed by atoms with Gasteiger partial charge in [-0.2, -0.15) is 0 Å². The van der Waals surface area contributed by atoms with Crippen molar-refractivity contribution in [3.05, 3.63) is 24.3 Å². The van der Waals surface area contributed by atoms with Gasteiger partial charge in [-0.25, -0.2) is 0 Å². The lowest BCUT2D eigenvalue weighted by atomic mass is 10.1. The van der Waals surface area contributed by atoms with E-state index < -0.39 is 0 Å². The molecule has 0 saturated carbocycles. The van der Waals surface area contributed by atoms with E-state index in [1.165, 1.54) is 4.90 Å². The van der Waals surface area contributed by atoms with Crippen LogP contribution in [0.25, 0.3) is 0 Å². The summed E-state index contributed by atoms with van der Waals surface area (Å²) >= 11 is 1.84. The molecule has 1 unspecified atom stereocenters. The summed E-state index contributed by atoms with van der Waals surface area (Å²) in [5.41, 5.74) is 0. The number of piperidine rings is 1. The van der Waals surface area contributed by atoms with Crippen molar-refractivity contribution in [3.63, 3.8) is 0 Å². The van der Waals surface area contributed by atoms with Crippen LogP contribution in [0.1, 0.15) is 26.2 Å².